The summed E-state index contributed by atoms with van der Waals surface area (Å²) < 4.78 is 12.2. The van der Waals surface area contributed by atoms with E-state index in [0.717, 1.165) is 0 Å². The smallest absolute Gasteiger partial charge is 0.312 e. The van der Waals surface area contributed by atoms with Crippen molar-refractivity contribution in [1.82, 2.24) is 15.1 Å². The monoisotopic (exact) mass is 561 g/mol. The summed E-state index contributed by atoms with van der Waals surface area (Å²) in [5, 5.41) is 13.1. The standard InChI is InChI=1S/C30H47N3O7/c1-9-11-12-22(35)31-16-19(5)39-28(38)23-21-13-14-30(40-21)24(23)26(36)33(20(17-34)18(3)4)25(30)27(37)32(15-10-2)29(6,7)8/h9-10,18-21,23-25,34H,1-2,11-17H2,3-8H3,(H,31,35)/t19-,20-,21-,23+,24+,25-,30+/m0/s1. The maximum absolute atomic E-state index is 14.3. The zero-order chi connectivity index (χ0) is 30.0. The SMILES string of the molecule is C=CCCC(=O)NC[C@H](C)OC(=O)[C@@H]1[C@@H]2CC[C@]3(O2)[C@H](C(=O)N(CC=C)C(C)(C)C)N([C@@H](CO)C(C)C)C(=O)[C@@H]13. The third kappa shape index (κ3) is 5.84. The molecule has 3 rings (SSSR count). The molecule has 224 valence electrons. The third-order valence-electron chi connectivity index (χ3n) is 8.43. The summed E-state index contributed by atoms with van der Waals surface area (Å²) >= 11 is 0. The lowest BCUT2D eigenvalue weighted by Gasteiger charge is -2.44. The first-order chi connectivity index (χ1) is 18.7. The lowest BCUT2D eigenvalue weighted by molar-refractivity contribution is -0.161. The van der Waals surface area contributed by atoms with Crippen LogP contribution in [0.15, 0.2) is 25.3 Å². The van der Waals surface area contributed by atoms with Crippen LogP contribution in [-0.4, -0.2) is 93.7 Å². The lowest BCUT2D eigenvalue weighted by Crippen LogP contribution is -2.62. The Labute approximate surface area is 238 Å². The fourth-order valence-electron chi connectivity index (χ4n) is 6.48. The number of likely N-dealkylation sites (tertiary alicyclic amines) is 1. The third-order valence-corrected chi connectivity index (χ3v) is 8.43. The molecule has 3 fully saturated rings. The Morgan fingerprint density at radius 3 is 2.48 bits per heavy atom. The number of aliphatic hydroxyl groups is 1. The van der Waals surface area contributed by atoms with Gasteiger partial charge in [0.25, 0.3) is 0 Å². The molecule has 3 saturated heterocycles. The molecule has 3 aliphatic rings. The molecule has 1 spiro atoms. The molecule has 3 amide bonds. The number of carbonyl (C=O) groups is 4. The molecule has 0 aromatic heterocycles. The fraction of sp³-hybridized carbons (Fsp3) is 0.733. The largest absolute Gasteiger partial charge is 0.460 e. The van der Waals surface area contributed by atoms with Crippen LogP contribution in [0.2, 0.25) is 0 Å². The van der Waals surface area contributed by atoms with Crippen molar-refractivity contribution < 1.29 is 33.8 Å². The Hall–Kier alpha value is -2.72. The highest BCUT2D eigenvalue weighted by Crippen LogP contribution is 2.59. The minimum Gasteiger partial charge on any atom is -0.460 e. The van der Waals surface area contributed by atoms with Crippen LogP contribution in [0.4, 0.5) is 0 Å². The van der Waals surface area contributed by atoms with Crippen molar-refractivity contribution in [3.05, 3.63) is 25.3 Å². The number of amides is 3. The molecule has 2 N–H and O–H groups in total. The number of aliphatic hydroxyl groups excluding tert-OH is 1. The molecule has 0 aromatic carbocycles. The van der Waals surface area contributed by atoms with E-state index >= 15 is 0 Å². The van der Waals surface area contributed by atoms with Gasteiger partial charge in [0.15, 0.2) is 0 Å². The van der Waals surface area contributed by atoms with Crippen LogP contribution in [-0.2, 0) is 28.7 Å². The van der Waals surface area contributed by atoms with Crippen molar-refractivity contribution in [2.24, 2.45) is 17.8 Å². The number of hydrogen-bond donors (Lipinski definition) is 2. The first kappa shape index (κ1) is 31.8. The fourth-order valence-corrected chi connectivity index (χ4v) is 6.48. The number of carbonyl (C=O) groups excluding carboxylic acids is 4. The highest BCUT2D eigenvalue weighted by atomic mass is 16.6. The zero-order valence-corrected chi connectivity index (χ0v) is 24.9. The zero-order valence-electron chi connectivity index (χ0n) is 24.9. The summed E-state index contributed by atoms with van der Waals surface area (Å²) in [5.41, 5.74) is -1.76. The number of nitrogens with zero attached hydrogens (tertiary/aromatic N) is 2. The molecular weight excluding hydrogens is 514 g/mol. The van der Waals surface area contributed by atoms with E-state index in [1.54, 1.807) is 24.0 Å². The number of fused-ring (bicyclic) bond motifs is 1. The van der Waals surface area contributed by atoms with E-state index in [1.807, 2.05) is 34.6 Å². The molecule has 0 radical (unpaired) electrons. The Morgan fingerprint density at radius 1 is 1.25 bits per heavy atom. The maximum atomic E-state index is 14.3. The molecule has 7 atom stereocenters. The van der Waals surface area contributed by atoms with Crippen LogP contribution in [0.5, 0.6) is 0 Å². The molecule has 10 nitrogen and oxygen atoms in total. The molecule has 0 saturated carbocycles. The van der Waals surface area contributed by atoms with Gasteiger partial charge in [-0.15, -0.1) is 13.2 Å². The molecule has 3 aliphatic heterocycles. The van der Waals surface area contributed by atoms with Gasteiger partial charge in [-0.3, -0.25) is 19.2 Å². The summed E-state index contributed by atoms with van der Waals surface area (Å²) in [5.74, 6) is -3.32. The Kier molecular flexibility index (Phi) is 9.88. The number of hydrogen-bond acceptors (Lipinski definition) is 7. The summed E-state index contributed by atoms with van der Waals surface area (Å²) in [6.45, 7) is 18.7. The topological polar surface area (TPSA) is 125 Å². The van der Waals surface area contributed by atoms with Crippen molar-refractivity contribution in [3.8, 4) is 0 Å². The van der Waals surface area contributed by atoms with Crippen molar-refractivity contribution >= 4 is 23.7 Å². The average Bonchev–Trinajstić information content (AvgIpc) is 3.51. The predicted molar refractivity (Wildman–Crippen MR) is 150 cm³/mol. The second-order valence-electron chi connectivity index (χ2n) is 12.6. The predicted octanol–water partition coefficient (Wildman–Crippen LogP) is 2.21. The van der Waals surface area contributed by atoms with Crippen molar-refractivity contribution in [2.45, 2.75) is 103 Å². The number of nitrogens with one attached hydrogen (secondary N) is 1. The minimum atomic E-state index is -1.20. The highest BCUT2D eigenvalue weighted by molar-refractivity contribution is 5.98. The quantitative estimate of drug-likeness (QED) is 0.261. The number of esters is 1. The van der Waals surface area contributed by atoms with Gasteiger partial charge in [-0.05, 0) is 52.9 Å². The van der Waals surface area contributed by atoms with Gasteiger partial charge in [-0.1, -0.05) is 26.0 Å². The van der Waals surface area contributed by atoms with Gasteiger partial charge in [-0.25, -0.2) is 0 Å². The molecule has 0 aliphatic carbocycles. The van der Waals surface area contributed by atoms with E-state index < -0.39 is 53.2 Å². The van der Waals surface area contributed by atoms with Gasteiger partial charge in [-0.2, -0.15) is 0 Å². The number of rotatable bonds is 13. The maximum Gasteiger partial charge on any atom is 0.312 e. The van der Waals surface area contributed by atoms with Crippen LogP contribution >= 0.6 is 0 Å². The number of allylic oxidation sites excluding steroid dienone is 1. The summed E-state index contributed by atoms with van der Waals surface area (Å²) in [7, 11) is 0. The van der Waals surface area contributed by atoms with E-state index in [2.05, 4.69) is 18.5 Å². The van der Waals surface area contributed by atoms with E-state index in [4.69, 9.17) is 9.47 Å². The average molecular weight is 562 g/mol. The van der Waals surface area contributed by atoms with Gasteiger partial charge in [0.1, 0.15) is 17.7 Å². The van der Waals surface area contributed by atoms with Gasteiger partial charge in [0.05, 0.1) is 37.1 Å². The van der Waals surface area contributed by atoms with Crippen molar-refractivity contribution in [3.63, 3.8) is 0 Å². The number of ether oxygens (including phenoxy) is 2. The van der Waals surface area contributed by atoms with Crippen molar-refractivity contribution in [2.75, 3.05) is 19.7 Å². The molecule has 0 aromatic rings. The Morgan fingerprint density at radius 2 is 1.93 bits per heavy atom. The van der Waals surface area contributed by atoms with Crippen LogP contribution in [0, 0.1) is 17.8 Å². The molecular formula is C30H47N3O7. The Bertz CT molecular complexity index is 1010. The normalized spacial score (nSPS) is 28.7. The second-order valence-corrected chi connectivity index (χ2v) is 12.6. The van der Waals surface area contributed by atoms with Gasteiger partial charge < -0.3 is 29.7 Å². The first-order valence-electron chi connectivity index (χ1n) is 14.4. The van der Waals surface area contributed by atoms with Gasteiger partial charge >= 0.3 is 5.97 Å². The van der Waals surface area contributed by atoms with Crippen LogP contribution in [0.1, 0.15) is 67.2 Å². The highest BCUT2D eigenvalue weighted by Gasteiger charge is 2.76. The van der Waals surface area contributed by atoms with Gasteiger partial charge in [0.2, 0.25) is 17.7 Å². The minimum absolute atomic E-state index is 0.138. The van der Waals surface area contributed by atoms with E-state index in [9.17, 15) is 24.3 Å². The second kappa shape index (κ2) is 12.4. The molecule has 10 heteroatoms. The summed E-state index contributed by atoms with van der Waals surface area (Å²) in [6.07, 6.45) is 3.94. The van der Waals surface area contributed by atoms with Crippen LogP contribution < -0.4 is 5.32 Å². The first-order valence-corrected chi connectivity index (χ1v) is 14.4. The summed E-state index contributed by atoms with van der Waals surface area (Å²) in [6, 6.07) is -1.62. The lowest BCUT2D eigenvalue weighted by atomic mass is 9.70. The van der Waals surface area contributed by atoms with Crippen LogP contribution in [0.25, 0.3) is 0 Å². The molecule has 2 bridgehead atoms. The van der Waals surface area contributed by atoms with Crippen LogP contribution in [0.3, 0.4) is 0 Å². The Balaban J connectivity index is 1.93. The molecule has 3 heterocycles. The van der Waals surface area contributed by atoms with E-state index in [0.29, 0.717) is 25.7 Å². The molecule has 0 unspecified atom stereocenters. The van der Waals surface area contributed by atoms with Crippen molar-refractivity contribution in [1.29, 1.82) is 0 Å². The van der Waals surface area contributed by atoms with E-state index in [-0.39, 0.29) is 43.3 Å². The summed E-state index contributed by atoms with van der Waals surface area (Å²) in [4.78, 5) is 57.2. The van der Waals surface area contributed by atoms with Gasteiger partial charge in [0, 0.05) is 18.5 Å². The van der Waals surface area contributed by atoms with E-state index in [1.165, 1.54) is 4.90 Å². The molecule has 40 heavy (non-hydrogen) atoms.